The number of rotatable bonds is 7. The van der Waals surface area contributed by atoms with Crippen molar-refractivity contribution in [2.24, 2.45) is 0 Å². The molecule has 1 rings (SSSR count). The number of halogens is 1. The second-order valence-electron chi connectivity index (χ2n) is 3.86. The molecule has 2 nitrogen and oxygen atoms in total. The Labute approximate surface area is 96.8 Å². The van der Waals surface area contributed by atoms with Crippen LogP contribution >= 0.6 is 0 Å². The summed E-state index contributed by atoms with van der Waals surface area (Å²) >= 11 is 0. The van der Waals surface area contributed by atoms with Crippen LogP contribution in [0.1, 0.15) is 30.9 Å². The lowest BCUT2D eigenvalue weighted by Crippen LogP contribution is -2.06. The molecule has 0 aromatic heterocycles. The van der Waals surface area contributed by atoms with Gasteiger partial charge in [-0.3, -0.25) is 0 Å². The molecule has 0 atom stereocenters. The zero-order valence-corrected chi connectivity index (χ0v) is 10.1. The van der Waals surface area contributed by atoms with Crippen molar-refractivity contribution in [1.29, 1.82) is 0 Å². The molecule has 0 bridgehead atoms. The van der Waals surface area contributed by atoms with E-state index in [2.05, 4.69) is 12.2 Å². The van der Waals surface area contributed by atoms with E-state index in [4.69, 9.17) is 4.74 Å². The zero-order valence-electron chi connectivity index (χ0n) is 10.1. The maximum Gasteiger partial charge on any atom is 0.128 e. The molecule has 0 fully saturated rings. The first-order valence-electron chi connectivity index (χ1n) is 5.77. The minimum atomic E-state index is -0.184. The molecule has 0 saturated heterocycles. The lowest BCUT2D eigenvalue weighted by molar-refractivity contribution is 0.115. The number of benzene rings is 1. The molecular formula is C13H20FNO. The molecule has 16 heavy (non-hydrogen) atoms. The van der Waals surface area contributed by atoms with Crippen LogP contribution in [0.5, 0.6) is 0 Å². The topological polar surface area (TPSA) is 21.3 Å². The third-order valence-electron chi connectivity index (χ3n) is 2.39. The highest BCUT2D eigenvalue weighted by Gasteiger charge is 2.03. The van der Waals surface area contributed by atoms with E-state index in [1.165, 1.54) is 6.07 Å². The Kier molecular flexibility index (Phi) is 6.04. The third-order valence-corrected chi connectivity index (χ3v) is 2.39. The van der Waals surface area contributed by atoms with Gasteiger partial charge in [0.15, 0.2) is 0 Å². The maximum absolute atomic E-state index is 13.4. The van der Waals surface area contributed by atoms with E-state index < -0.39 is 0 Å². The molecule has 0 aliphatic heterocycles. The number of hydrogen-bond acceptors (Lipinski definition) is 2. The highest BCUT2D eigenvalue weighted by Crippen LogP contribution is 2.12. The first-order chi connectivity index (χ1) is 7.77. The van der Waals surface area contributed by atoms with Crippen molar-refractivity contribution in [3.05, 3.63) is 35.1 Å². The van der Waals surface area contributed by atoms with Crippen LogP contribution in [0.15, 0.2) is 18.2 Å². The summed E-state index contributed by atoms with van der Waals surface area (Å²) in [6.07, 6.45) is 2.13. The Hall–Kier alpha value is -0.930. The molecule has 1 N–H and O–H groups in total. The molecular weight excluding hydrogens is 205 g/mol. The summed E-state index contributed by atoms with van der Waals surface area (Å²) in [5.41, 5.74) is 1.72. The predicted molar refractivity (Wildman–Crippen MR) is 63.7 cm³/mol. The second-order valence-corrected chi connectivity index (χ2v) is 3.86. The monoisotopic (exact) mass is 225 g/mol. The quantitative estimate of drug-likeness (QED) is 0.720. The van der Waals surface area contributed by atoms with Crippen LogP contribution in [0.3, 0.4) is 0 Å². The van der Waals surface area contributed by atoms with Gasteiger partial charge in [-0.05, 0) is 31.2 Å². The fourth-order valence-electron chi connectivity index (χ4n) is 1.48. The molecule has 0 aliphatic carbocycles. The summed E-state index contributed by atoms with van der Waals surface area (Å²) < 4.78 is 18.8. The normalized spacial score (nSPS) is 10.7. The summed E-state index contributed by atoms with van der Waals surface area (Å²) in [5, 5.41) is 3.04. The predicted octanol–water partition coefficient (Wildman–Crippen LogP) is 2.86. The molecule has 0 saturated carbocycles. The average molecular weight is 225 g/mol. The molecule has 3 heteroatoms. The van der Waals surface area contributed by atoms with Gasteiger partial charge in [0.2, 0.25) is 0 Å². The number of hydrogen-bond donors (Lipinski definition) is 1. The fourth-order valence-corrected chi connectivity index (χ4v) is 1.48. The molecule has 0 spiro atoms. The van der Waals surface area contributed by atoms with Gasteiger partial charge < -0.3 is 10.1 Å². The minimum Gasteiger partial charge on any atom is -0.377 e. The number of unbranched alkanes of at least 4 members (excludes halogenated alkanes) is 1. The zero-order chi connectivity index (χ0) is 11.8. The van der Waals surface area contributed by atoms with Gasteiger partial charge in [0.05, 0.1) is 6.61 Å². The van der Waals surface area contributed by atoms with Crippen LogP contribution in [0, 0.1) is 5.82 Å². The van der Waals surface area contributed by atoms with Gasteiger partial charge in [0, 0.05) is 18.7 Å². The standard InChI is InChI=1S/C13H20FNO/c1-3-4-7-16-10-12-8-11(9-15-2)5-6-13(12)14/h5-6,8,15H,3-4,7,9-10H2,1-2H3. The molecule has 1 aromatic rings. The van der Waals surface area contributed by atoms with Crippen molar-refractivity contribution in [3.8, 4) is 0 Å². The minimum absolute atomic E-state index is 0.184. The number of nitrogens with one attached hydrogen (secondary N) is 1. The maximum atomic E-state index is 13.4. The number of ether oxygens (including phenoxy) is 1. The van der Waals surface area contributed by atoms with Gasteiger partial charge in [-0.15, -0.1) is 0 Å². The fraction of sp³-hybridized carbons (Fsp3) is 0.538. The van der Waals surface area contributed by atoms with Crippen molar-refractivity contribution < 1.29 is 9.13 Å². The summed E-state index contributed by atoms with van der Waals surface area (Å²) in [4.78, 5) is 0. The summed E-state index contributed by atoms with van der Waals surface area (Å²) in [7, 11) is 1.88. The molecule has 0 amide bonds. The molecule has 0 heterocycles. The van der Waals surface area contributed by atoms with Crippen LogP contribution in [-0.2, 0) is 17.9 Å². The van der Waals surface area contributed by atoms with E-state index in [0.717, 1.165) is 24.9 Å². The first-order valence-corrected chi connectivity index (χ1v) is 5.77. The van der Waals surface area contributed by atoms with E-state index in [1.807, 2.05) is 13.1 Å². The van der Waals surface area contributed by atoms with E-state index in [-0.39, 0.29) is 5.82 Å². The van der Waals surface area contributed by atoms with E-state index in [0.29, 0.717) is 18.8 Å². The van der Waals surface area contributed by atoms with Crippen LogP contribution in [-0.4, -0.2) is 13.7 Å². The summed E-state index contributed by atoms with van der Waals surface area (Å²) in [6, 6.07) is 5.16. The highest BCUT2D eigenvalue weighted by molar-refractivity contribution is 5.24. The van der Waals surface area contributed by atoms with Crippen molar-refractivity contribution in [2.45, 2.75) is 32.9 Å². The summed E-state index contributed by atoms with van der Waals surface area (Å²) in [6.45, 7) is 3.93. The smallest absolute Gasteiger partial charge is 0.128 e. The molecule has 0 radical (unpaired) electrons. The van der Waals surface area contributed by atoms with Crippen LogP contribution in [0.2, 0.25) is 0 Å². The van der Waals surface area contributed by atoms with Crippen LogP contribution in [0.4, 0.5) is 4.39 Å². The van der Waals surface area contributed by atoms with Gasteiger partial charge in [-0.25, -0.2) is 4.39 Å². The molecule has 90 valence electrons. The van der Waals surface area contributed by atoms with Crippen molar-refractivity contribution in [1.82, 2.24) is 5.32 Å². The van der Waals surface area contributed by atoms with E-state index >= 15 is 0 Å². The van der Waals surface area contributed by atoms with Crippen LogP contribution < -0.4 is 5.32 Å². The lowest BCUT2D eigenvalue weighted by atomic mass is 10.1. The largest absolute Gasteiger partial charge is 0.377 e. The van der Waals surface area contributed by atoms with Gasteiger partial charge in [0.1, 0.15) is 5.82 Å². The van der Waals surface area contributed by atoms with Gasteiger partial charge >= 0.3 is 0 Å². The Morgan fingerprint density at radius 1 is 1.38 bits per heavy atom. The van der Waals surface area contributed by atoms with E-state index in [9.17, 15) is 4.39 Å². The van der Waals surface area contributed by atoms with Crippen molar-refractivity contribution in [3.63, 3.8) is 0 Å². The summed E-state index contributed by atoms with van der Waals surface area (Å²) in [5.74, 6) is -0.184. The Balaban J connectivity index is 2.52. The van der Waals surface area contributed by atoms with Crippen molar-refractivity contribution >= 4 is 0 Å². The molecule has 0 aliphatic rings. The third kappa shape index (κ3) is 4.29. The van der Waals surface area contributed by atoms with Gasteiger partial charge in [-0.1, -0.05) is 19.4 Å². The molecule has 1 aromatic carbocycles. The molecule has 0 unspecified atom stereocenters. The van der Waals surface area contributed by atoms with E-state index in [1.54, 1.807) is 6.07 Å². The first kappa shape index (κ1) is 13.1. The highest BCUT2D eigenvalue weighted by atomic mass is 19.1. The van der Waals surface area contributed by atoms with Crippen molar-refractivity contribution in [2.75, 3.05) is 13.7 Å². The van der Waals surface area contributed by atoms with Gasteiger partial charge in [0.25, 0.3) is 0 Å². The lowest BCUT2D eigenvalue weighted by Gasteiger charge is -2.07. The average Bonchev–Trinajstić information content (AvgIpc) is 2.29. The second kappa shape index (κ2) is 7.36. The Bertz CT molecular complexity index is 315. The van der Waals surface area contributed by atoms with Crippen LogP contribution in [0.25, 0.3) is 0 Å². The van der Waals surface area contributed by atoms with Gasteiger partial charge in [-0.2, -0.15) is 0 Å². The Morgan fingerprint density at radius 2 is 2.19 bits per heavy atom. The Morgan fingerprint density at radius 3 is 2.88 bits per heavy atom. The SMILES string of the molecule is CCCCOCc1cc(CNC)ccc1F.